The Labute approximate surface area is 98.6 Å². The summed E-state index contributed by atoms with van der Waals surface area (Å²) >= 11 is 0. The number of nitrogens with zero attached hydrogens (tertiary/aromatic N) is 1. The molecule has 6 heteroatoms. The van der Waals surface area contributed by atoms with Gasteiger partial charge >= 0.3 is 0 Å². The molecule has 0 bridgehead atoms. The highest BCUT2D eigenvalue weighted by Gasteiger charge is 2.09. The van der Waals surface area contributed by atoms with E-state index in [1.165, 1.54) is 18.2 Å². The predicted octanol–water partition coefficient (Wildman–Crippen LogP) is 1.10. The Morgan fingerprint density at radius 1 is 1.12 bits per heavy atom. The number of aromatic nitrogens is 1. The van der Waals surface area contributed by atoms with Gasteiger partial charge in [-0.15, -0.1) is 0 Å². The molecule has 0 aliphatic carbocycles. The minimum Gasteiger partial charge on any atom is -0.506 e. The Balaban J connectivity index is 2.47. The second-order valence-electron chi connectivity index (χ2n) is 3.44. The van der Waals surface area contributed by atoms with Gasteiger partial charge in [-0.2, -0.15) is 0 Å². The number of aromatic hydroxyl groups is 1. The topological polar surface area (TPSA) is 93.3 Å². The zero-order valence-corrected chi connectivity index (χ0v) is 9.55. The molecule has 1 heterocycles. The molecule has 0 fully saturated rings. The van der Waals surface area contributed by atoms with Crippen LogP contribution in [0.3, 0.4) is 0 Å². The van der Waals surface area contributed by atoms with Crippen molar-refractivity contribution in [2.75, 3.05) is 0 Å². The fourth-order valence-electron chi connectivity index (χ4n) is 1.42. The first-order chi connectivity index (χ1) is 7.98. The van der Waals surface area contributed by atoms with Crippen molar-refractivity contribution >= 4 is 10.0 Å². The number of sulfonamides is 1. The average molecular weight is 250 g/mol. The van der Waals surface area contributed by atoms with Gasteiger partial charge in [0.15, 0.2) is 0 Å². The summed E-state index contributed by atoms with van der Waals surface area (Å²) in [6, 6.07) is 8.95. The number of primary sulfonamides is 1. The van der Waals surface area contributed by atoms with Crippen molar-refractivity contribution in [3.63, 3.8) is 0 Å². The predicted molar refractivity (Wildman–Crippen MR) is 62.7 cm³/mol. The van der Waals surface area contributed by atoms with Crippen LogP contribution in [0.4, 0.5) is 0 Å². The Morgan fingerprint density at radius 2 is 1.76 bits per heavy atom. The van der Waals surface area contributed by atoms with Crippen LogP contribution in [0.2, 0.25) is 0 Å². The summed E-state index contributed by atoms with van der Waals surface area (Å²) in [5.41, 5.74) is 1.02. The largest absolute Gasteiger partial charge is 0.506 e. The van der Waals surface area contributed by atoms with E-state index in [4.69, 9.17) is 5.14 Å². The molecular weight excluding hydrogens is 240 g/mol. The molecule has 0 aliphatic rings. The second-order valence-corrected chi connectivity index (χ2v) is 5.00. The number of pyridine rings is 1. The molecule has 17 heavy (non-hydrogen) atoms. The van der Waals surface area contributed by atoms with E-state index in [-0.39, 0.29) is 10.6 Å². The molecule has 0 radical (unpaired) electrons. The van der Waals surface area contributed by atoms with Gasteiger partial charge in [0.1, 0.15) is 11.4 Å². The van der Waals surface area contributed by atoms with Crippen molar-refractivity contribution in [3.8, 4) is 17.0 Å². The van der Waals surface area contributed by atoms with Crippen molar-refractivity contribution < 1.29 is 13.5 Å². The molecule has 0 atom stereocenters. The molecule has 0 aliphatic heterocycles. The smallest absolute Gasteiger partial charge is 0.238 e. The molecule has 1 aromatic carbocycles. The monoisotopic (exact) mass is 250 g/mol. The number of benzene rings is 1. The van der Waals surface area contributed by atoms with E-state index in [1.807, 2.05) is 0 Å². The number of hydrogen-bond acceptors (Lipinski definition) is 4. The Bertz CT molecular complexity index is 636. The fraction of sp³-hybridized carbons (Fsp3) is 0. The Kier molecular flexibility index (Phi) is 2.83. The Hall–Kier alpha value is -1.92. The van der Waals surface area contributed by atoms with Crippen molar-refractivity contribution in [3.05, 3.63) is 42.6 Å². The van der Waals surface area contributed by atoms with Gasteiger partial charge in [0, 0.05) is 11.8 Å². The van der Waals surface area contributed by atoms with Crippen LogP contribution in [-0.2, 0) is 10.0 Å². The second kappa shape index (κ2) is 4.15. The van der Waals surface area contributed by atoms with E-state index in [0.29, 0.717) is 11.3 Å². The molecule has 0 amide bonds. The van der Waals surface area contributed by atoms with Gasteiger partial charge in [-0.05, 0) is 24.3 Å². The number of nitrogens with two attached hydrogens (primary N) is 1. The third kappa shape index (κ3) is 2.43. The van der Waals surface area contributed by atoms with E-state index < -0.39 is 10.0 Å². The van der Waals surface area contributed by atoms with Crippen molar-refractivity contribution in [1.29, 1.82) is 0 Å². The third-order valence-corrected chi connectivity index (χ3v) is 3.17. The summed E-state index contributed by atoms with van der Waals surface area (Å²) in [7, 11) is -3.69. The van der Waals surface area contributed by atoms with Crippen molar-refractivity contribution in [1.82, 2.24) is 4.98 Å². The first-order valence-corrected chi connectivity index (χ1v) is 6.30. The molecule has 2 rings (SSSR count). The SMILES string of the molecule is NS(=O)(=O)c1ccc(-c2ncccc2O)cc1. The van der Waals surface area contributed by atoms with E-state index in [1.54, 1.807) is 24.4 Å². The van der Waals surface area contributed by atoms with Crippen LogP contribution in [0.1, 0.15) is 0 Å². The van der Waals surface area contributed by atoms with Crippen LogP contribution in [0.15, 0.2) is 47.5 Å². The first-order valence-electron chi connectivity index (χ1n) is 4.76. The average Bonchev–Trinajstić information content (AvgIpc) is 2.29. The van der Waals surface area contributed by atoms with Gasteiger partial charge in [-0.3, -0.25) is 4.98 Å². The van der Waals surface area contributed by atoms with E-state index in [9.17, 15) is 13.5 Å². The lowest BCUT2D eigenvalue weighted by atomic mass is 10.1. The molecule has 0 saturated carbocycles. The minimum atomic E-state index is -3.69. The summed E-state index contributed by atoms with van der Waals surface area (Å²) in [6.45, 7) is 0. The highest BCUT2D eigenvalue weighted by Crippen LogP contribution is 2.26. The highest BCUT2D eigenvalue weighted by atomic mass is 32.2. The van der Waals surface area contributed by atoms with E-state index in [2.05, 4.69) is 4.98 Å². The van der Waals surface area contributed by atoms with Crippen LogP contribution in [0.25, 0.3) is 11.3 Å². The van der Waals surface area contributed by atoms with Gasteiger partial charge in [-0.1, -0.05) is 12.1 Å². The van der Waals surface area contributed by atoms with Gasteiger partial charge < -0.3 is 5.11 Å². The van der Waals surface area contributed by atoms with Crippen LogP contribution in [-0.4, -0.2) is 18.5 Å². The van der Waals surface area contributed by atoms with Crippen molar-refractivity contribution in [2.24, 2.45) is 5.14 Å². The first kappa shape index (κ1) is 11.6. The molecule has 1 aromatic heterocycles. The molecule has 88 valence electrons. The summed E-state index contributed by atoms with van der Waals surface area (Å²) < 4.78 is 22.1. The van der Waals surface area contributed by atoms with Crippen molar-refractivity contribution in [2.45, 2.75) is 4.90 Å². The van der Waals surface area contributed by atoms with Gasteiger partial charge in [0.2, 0.25) is 10.0 Å². The lowest BCUT2D eigenvalue weighted by Crippen LogP contribution is -2.11. The maximum absolute atomic E-state index is 11.1. The molecule has 0 spiro atoms. The van der Waals surface area contributed by atoms with Crippen LogP contribution >= 0.6 is 0 Å². The zero-order chi connectivity index (χ0) is 12.5. The molecule has 5 nitrogen and oxygen atoms in total. The number of hydrogen-bond donors (Lipinski definition) is 2. The number of rotatable bonds is 2. The molecular formula is C11H10N2O3S. The highest BCUT2D eigenvalue weighted by molar-refractivity contribution is 7.89. The summed E-state index contributed by atoms with van der Waals surface area (Å²) in [5.74, 6) is 0.0378. The quantitative estimate of drug-likeness (QED) is 0.834. The molecule has 0 unspecified atom stereocenters. The maximum atomic E-state index is 11.1. The Morgan fingerprint density at radius 3 is 2.29 bits per heavy atom. The summed E-state index contributed by atoms with van der Waals surface area (Å²) in [6.07, 6.45) is 1.54. The van der Waals surface area contributed by atoms with Crippen LogP contribution in [0, 0.1) is 0 Å². The standard InChI is InChI=1S/C11H10N2O3S/c12-17(15,16)9-5-3-8(4-6-9)11-10(14)2-1-7-13-11/h1-7,14H,(H2,12,15,16). The lowest BCUT2D eigenvalue weighted by Gasteiger charge is -2.04. The minimum absolute atomic E-state index is 0.0247. The van der Waals surface area contributed by atoms with Gasteiger partial charge in [-0.25, -0.2) is 13.6 Å². The van der Waals surface area contributed by atoms with E-state index >= 15 is 0 Å². The molecule has 0 saturated heterocycles. The van der Waals surface area contributed by atoms with Crippen LogP contribution < -0.4 is 5.14 Å². The summed E-state index contributed by atoms with van der Waals surface area (Å²) in [4.78, 5) is 4.03. The zero-order valence-electron chi connectivity index (χ0n) is 8.74. The molecule has 3 N–H and O–H groups in total. The fourth-order valence-corrected chi connectivity index (χ4v) is 1.94. The maximum Gasteiger partial charge on any atom is 0.238 e. The van der Waals surface area contributed by atoms with Crippen LogP contribution in [0.5, 0.6) is 5.75 Å². The van der Waals surface area contributed by atoms with E-state index in [0.717, 1.165) is 0 Å². The lowest BCUT2D eigenvalue weighted by molar-refractivity contribution is 0.475. The third-order valence-electron chi connectivity index (χ3n) is 2.24. The molecule has 2 aromatic rings. The van der Waals surface area contributed by atoms with Gasteiger partial charge in [0.25, 0.3) is 0 Å². The van der Waals surface area contributed by atoms with Gasteiger partial charge in [0.05, 0.1) is 4.90 Å². The summed E-state index contributed by atoms with van der Waals surface area (Å²) in [5, 5.41) is 14.6. The normalized spacial score (nSPS) is 11.4.